The normalized spacial score (nSPS) is 20.0. The lowest BCUT2D eigenvalue weighted by atomic mass is 9.84. The Morgan fingerprint density at radius 1 is 1.00 bits per heavy atom. The largest absolute Gasteiger partial charge is 0.481 e. The first-order chi connectivity index (χ1) is 16.8. The molecule has 0 aromatic heterocycles. The SMILES string of the molecule is CN(C)C[C@H](NC(=O)OCC1c2ccccc2-c2ccccc21)C(=O)NC1CCCCC1C(=O)O. The Hall–Kier alpha value is -3.39. The smallest absolute Gasteiger partial charge is 0.407 e. The number of alkyl carbamates (subject to hydrolysis) is 1. The van der Waals surface area contributed by atoms with E-state index in [0.717, 1.165) is 35.1 Å². The monoisotopic (exact) mass is 479 g/mol. The Morgan fingerprint density at radius 3 is 2.20 bits per heavy atom. The van der Waals surface area contributed by atoms with E-state index in [2.05, 4.69) is 22.8 Å². The van der Waals surface area contributed by atoms with Gasteiger partial charge in [0.1, 0.15) is 12.6 Å². The fraction of sp³-hybridized carbons (Fsp3) is 0.444. The van der Waals surface area contributed by atoms with Gasteiger partial charge in [-0.3, -0.25) is 9.59 Å². The second-order valence-electron chi connectivity index (χ2n) is 9.63. The fourth-order valence-electron chi connectivity index (χ4n) is 5.22. The van der Waals surface area contributed by atoms with Crippen LogP contribution < -0.4 is 10.6 Å². The second kappa shape index (κ2) is 10.9. The summed E-state index contributed by atoms with van der Waals surface area (Å²) in [7, 11) is 3.61. The number of amides is 2. The summed E-state index contributed by atoms with van der Waals surface area (Å²) in [5.41, 5.74) is 4.51. The first-order valence-electron chi connectivity index (χ1n) is 12.1. The second-order valence-corrected chi connectivity index (χ2v) is 9.63. The maximum atomic E-state index is 13.0. The highest BCUT2D eigenvalue weighted by atomic mass is 16.5. The van der Waals surface area contributed by atoms with Crippen LogP contribution in [0.1, 0.15) is 42.7 Å². The van der Waals surface area contributed by atoms with Crippen LogP contribution in [0, 0.1) is 5.92 Å². The van der Waals surface area contributed by atoms with Crippen LogP contribution in [0.25, 0.3) is 11.1 Å². The van der Waals surface area contributed by atoms with Crippen LogP contribution in [0.5, 0.6) is 0 Å². The third-order valence-corrected chi connectivity index (χ3v) is 6.91. The molecule has 8 nitrogen and oxygen atoms in total. The van der Waals surface area contributed by atoms with E-state index in [4.69, 9.17) is 4.74 Å². The molecular formula is C27H33N3O5. The number of hydrogen-bond acceptors (Lipinski definition) is 5. The molecule has 2 aromatic carbocycles. The Morgan fingerprint density at radius 2 is 1.60 bits per heavy atom. The number of nitrogens with one attached hydrogen (secondary N) is 2. The third-order valence-electron chi connectivity index (χ3n) is 6.91. The topological polar surface area (TPSA) is 108 Å². The molecule has 35 heavy (non-hydrogen) atoms. The highest BCUT2D eigenvalue weighted by Gasteiger charge is 2.34. The first-order valence-corrected chi connectivity index (χ1v) is 12.1. The van der Waals surface area contributed by atoms with Gasteiger partial charge in [-0.1, -0.05) is 61.4 Å². The minimum absolute atomic E-state index is 0.0761. The van der Waals surface area contributed by atoms with Crippen LogP contribution in [0.2, 0.25) is 0 Å². The maximum Gasteiger partial charge on any atom is 0.407 e. The zero-order valence-corrected chi connectivity index (χ0v) is 20.2. The lowest BCUT2D eigenvalue weighted by molar-refractivity contribution is -0.144. The summed E-state index contributed by atoms with van der Waals surface area (Å²) in [5, 5.41) is 15.1. The van der Waals surface area contributed by atoms with E-state index < -0.39 is 36.0 Å². The van der Waals surface area contributed by atoms with Crippen molar-refractivity contribution in [3.8, 4) is 11.1 Å². The molecule has 1 saturated carbocycles. The summed E-state index contributed by atoms with van der Waals surface area (Å²) >= 11 is 0. The molecule has 2 amide bonds. The summed E-state index contributed by atoms with van der Waals surface area (Å²) in [4.78, 5) is 39.2. The Labute approximate surface area is 205 Å². The number of carbonyl (C=O) groups is 3. The molecule has 0 radical (unpaired) electrons. The lowest BCUT2D eigenvalue weighted by Crippen LogP contribution is -2.56. The summed E-state index contributed by atoms with van der Waals surface area (Å²) < 4.78 is 5.61. The molecule has 3 N–H and O–H groups in total. The molecule has 186 valence electrons. The molecule has 0 spiro atoms. The van der Waals surface area contributed by atoms with Crippen molar-refractivity contribution >= 4 is 18.0 Å². The van der Waals surface area contributed by atoms with Gasteiger partial charge in [0.25, 0.3) is 0 Å². The van der Waals surface area contributed by atoms with Crippen molar-refractivity contribution in [2.45, 2.75) is 43.7 Å². The number of benzene rings is 2. The predicted molar refractivity (Wildman–Crippen MR) is 132 cm³/mol. The van der Waals surface area contributed by atoms with E-state index >= 15 is 0 Å². The van der Waals surface area contributed by atoms with Gasteiger partial charge < -0.3 is 25.4 Å². The number of likely N-dealkylation sites (N-methyl/N-ethyl adjacent to an activating group) is 1. The Kier molecular flexibility index (Phi) is 7.70. The molecule has 2 unspecified atom stereocenters. The van der Waals surface area contributed by atoms with Gasteiger partial charge in [-0.2, -0.15) is 0 Å². The molecule has 0 saturated heterocycles. The van der Waals surface area contributed by atoms with E-state index in [-0.39, 0.29) is 19.1 Å². The van der Waals surface area contributed by atoms with Crippen molar-refractivity contribution in [2.24, 2.45) is 5.92 Å². The fourth-order valence-corrected chi connectivity index (χ4v) is 5.22. The van der Waals surface area contributed by atoms with Gasteiger partial charge in [0, 0.05) is 18.5 Å². The average Bonchev–Trinajstić information content (AvgIpc) is 3.16. The molecule has 0 heterocycles. The van der Waals surface area contributed by atoms with E-state index in [1.54, 1.807) is 19.0 Å². The number of carbonyl (C=O) groups excluding carboxylic acids is 2. The summed E-state index contributed by atoms with van der Waals surface area (Å²) in [5.74, 6) is -1.98. The van der Waals surface area contributed by atoms with Crippen molar-refractivity contribution < 1.29 is 24.2 Å². The van der Waals surface area contributed by atoms with Gasteiger partial charge in [-0.05, 0) is 49.2 Å². The molecule has 4 rings (SSSR count). The standard InChI is InChI=1S/C27H33N3O5/c1-30(2)15-24(25(31)28-23-14-8-7-13-21(23)26(32)33)29-27(34)35-16-22-19-11-5-3-9-17(19)18-10-4-6-12-20(18)22/h3-6,9-12,21-24H,7-8,13-16H2,1-2H3,(H,28,31)(H,29,34)(H,32,33)/t21?,23?,24-/m0/s1. The summed E-state index contributed by atoms with van der Waals surface area (Å²) in [6, 6.07) is 14.9. The van der Waals surface area contributed by atoms with Crippen molar-refractivity contribution in [1.29, 1.82) is 0 Å². The van der Waals surface area contributed by atoms with E-state index in [1.165, 1.54) is 0 Å². The minimum atomic E-state index is -0.899. The number of aliphatic carboxylic acids is 1. The van der Waals surface area contributed by atoms with Gasteiger partial charge >= 0.3 is 12.1 Å². The number of rotatable bonds is 8. The quantitative estimate of drug-likeness (QED) is 0.537. The van der Waals surface area contributed by atoms with Crippen molar-refractivity contribution in [3.63, 3.8) is 0 Å². The van der Waals surface area contributed by atoms with Crippen molar-refractivity contribution in [3.05, 3.63) is 59.7 Å². The predicted octanol–water partition coefficient (Wildman–Crippen LogP) is 3.21. The lowest BCUT2D eigenvalue weighted by Gasteiger charge is -2.31. The Bertz CT molecular complexity index is 1040. The van der Waals surface area contributed by atoms with Crippen LogP contribution in [0.15, 0.2) is 48.5 Å². The number of carboxylic acid groups (broad SMARTS) is 1. The maximum absolute atomic E-state index is 13.0. The molecule has 2 aromatic rings. The zero-order chi connectivity index (χ0) is 24.9. The van der Waals surface area contributed by atoms with Crippen LogP contribution in [0.3, 0.4) is 0 Å². The van der Waals surface area contributed by atoms with E-state index in [1.807, 2.05) is 36.4 Å². The highest BCUT2D eigenvalue weighted by Crippen LogP contribution is 2.44. The molecule has 2 aliphatic carbocycles. The Balaban J connectivity index is 1.40. The molecule has 0 bridgehead atoms. The number of hydrogen-bond donors (Lipinski definition) is 3. The van der Waals surface area contributed by atoms with Gasteiger partial charge in [0.15, 0.2) is 0 Å². The molecule has 1 fully saturated rings. The van der Waals surface area contributed by atoms with E-state index in [0.29, 0.717) is 12.8 Å². The van der Waals surface area contributed by atoms with E-state index in [9.17, 15) is 19.5 Å². The van der Waals surface area contributed by atoms with Gasteiger partial charge in [0.2, 0.25) is 5.91 Å². The molecule has 0 aliphatic heterocycles. The third kappa shape index (κ3) is 5.65. The van der Waals surface area contributed by atoms with Gasteiger partial charge in [-0.25, -0.2) is 4.79 Å². The first kappa shape index (κ1) is 24.7. The molecular weight excluding hydrogens is 446 g/mol. The number of fused-ring (bicyclic) bond motifs is 3. The van der Waals surface area contributed by atoms with Crippen molar-refractivity contribution in [1.82, 2.24) is 15.5 Å². The highest BCUT2D eigenvalue weighted by molar-refractivity contribution is 5.87. The molecule has 8 heteroatoms. The van der Waals surface area contributed by atoms with Crippen molar-refractivity contribution in [2.75, 3.05) is 27.2 Å². The van der Waals surface area contributed by atoms with Crippen LogP contribution >= 0.6 is 0 Å². The van der Waals surface area contributed by atoms with Gasteiger partial charge in [0.05, 0.1) is 5.92 Å². The number of nitrogens with zero attached hydrogens (tertiary/aromatic N) is 1. The van der Waals surface area contributed by atoms with Crippen LogP contribution in [-0.4, -0.2) is 67.3 Å². The van der Waals surface area contributed by atoms with Crippen LogP contribution in [0.4, 0.5) is 4.79 Å². The average molecular weight is 480 g/mol. The van der Waals surface area contributed by atoms with Crippen LogP contribution in [-0.2, 0) is 14.3 Å². The molecule has 2 aliphatic rings. The molecule has 3 atom stereocenters. The zero-order valence-electron chi connectivity index (χ0n) is 20.2. The number of ether oxygens (including phenoxy) is 1. The number of carboxylic acids is 1. The summed E-state index contributed by atoms with van der Waals surface area (Å²) in [6.07, 6.45) is 2.18. The minimum Gasteiger partial charge on any atom is -0.481 e. The van der Waals surface area contributed by atoms with Gasteiger partial charge in [-0.15, -0.1) is 0 Å². The summed E-state index contributed by atoms with van der Waals surface area (Å²) in [6.45, 7) is 0.417.